The second kappa shape index (κ2) is 8.58. The fraction of sp³-hybridized carbons (Fsp3) is 0.211. The van der Waals surface area contributed by atoms with Crippen molar-refractivity contribution in [2.45, 2.75) is 17.4 Å². The summed E-state index contributed by atoms with van der Waals surface area (Å²) in [6.07, 6.45) is 0. The van der Waals surface area contributed by atoms with Gasteiger partial charge in [-0.2, -0.15) is 0 Å². The number of benzene rings is 2. The van der Waals surface area contributed by atoms with Gasteiger partial charge in [0.2, 0.25) is 0 Å². The number of Topliss-reactive ketones (excluding diaryl/α,β-unsaturated/α-hetero) is 1. The molecule has 0 spiro atoms. The molecule has 0 bridgehead atoms. The zero-order valence-electron chi connectivity index (χ0n) is 14.9. The second-order valence-corrected chi connectivity index (χ2v) is 7.78. The van der Waals surface area contributed by atoms with Crippen molar-refractivity contribution in [3.63, 3.8) is 0 Å². The van der Waals surface area contributed by atoms with Crippen molar-refractivity contribution in [3.05, 3.63) is 52.5 Å². The molecular formula is C19H17BrN2O4S. The average Bonchev–Trinajstić information content (AvgIpc) is 3.15. The van der Waals surface area contributed by atoms with E-state index in [1.807, 2.05) is 19.1 Å². The predicted octanol–water partition coefficient (Wildman–Crippen LogP) is 4.88. The lowest BCUT2D eigenvalue weighted by Crippen LogP contribution is -2.13. The summed E-state index contributed by atoms with van der Waals surface area (Å²) in [6, 6.07) is 12.6. The Bertz CT molecular complexity index is 943. The number of carbonyl (C=O) groups excluding carboxylic acids is 1. The first-order chi connectivity index (χ1) is 13.0. The van der Waals surface area contributed by atoms with E-state index in [4.69, 9.17) is 13.9 Å². The topological polar surface area (TPSA) is 74.5 Å². The molecule has 0 unspecified atom stereocenters. The molecule has 1 atom stereocenters. The molecular weight excluding hydrogens is 432 g/mol. The van der Waals surface area contributed by atoms with Crippen LogP contribution in [0.4, 0.5) is 0 Å². The highest BCUT2D eigenvalue weighted by Crippen LogP contribution is 2.34. The van der Waals surface area contributed by atoms with Crippen LogP contribution in [0.2, 0.25) is 0 Å². The van der Waals surface area contributed by atoms with Crippen LogP contribution in [0.1, 0.15) is 17.3 Å². The number of carbonyl (C=O) groups is 1. The summed E-state index contributed by atoms with van der Waals surface area (Å²) in [5.41, 5.74) is 1.29. The van der Waals surface area contributed by atoms with Crippen LogP contribution < -0.4 is 9.47 Å². The minimum atomic E-state index is -0.364. The smallest absolute Gasteiger partial charge is 0.277 e. The first-order valence-electron chi connectivity index (χ1n) is 8.04. The van der Waals surface area contributed by atoms with E-state index in [0.717, 1.165) is 4.47 Å². The van der Waals surface area contributed by atoms with Crippen molar-refractivity contribution in [2.24, 2.45) is 0 Å². The van der Waals surface area contributed by atoms with E-state index < -0.39 is 0 Å². The largest absolute Gasteiger partial charge is 0.497 e. The van der Waals surface area contributed by atoms with E-state index in [-0.39, 0.29) is 11.0 Å². The fourth-order valence-electron chi connectivity index (χ4n) is 2.40. The van der Waals surface area contributed by atoms with E-state index in [1.54, 1.807) is 44.6 Å². The normalized spacial score (nSPS) is 11.9. The summed E-state index contributed by atoms with van der Waals surface area (Å²) in [6.45, 7) is 1.81. The molecule has 0 saturated carbocycles. The molecule has 0 amide bonds. The molecule has 140 valence electrons. The van der Waals surface area contributed by atoms with E-state index in [1.165, 1.54) is 11.8 Å². The summed E-state index contributed by atoms with van der Waals surface area (Å²) in [4.78, 5) is 12.5. The van der Waals surface area contributed by atoms with Gasteiger partial charge in [0.25, 0.3) is 11.1 Å². The standard InChI is InChI=1S/C19H17BrN2O4S/c1-11(17(23)12-4-6-13(20)7-5-12)27-19-22-21-18(26-19)15-9-8-14(24-2)10-16(15)25-3/h4-11H,1-3H3/t11-/m0/s1. The summed E-state index contributed by atoms with van der Waals surface area (Å²) >= 11 is 4.58. The number of ketones is 1. The number of nitrogens with zero attached hydrogens (tertiary/aromatic N) is 2. The van der Waals surface area contributed by atoms with Crippen molar-refractivity contribution < 1.29 is 18.7 Å². The van der Waals surface area contributed by atoms with E-state index in [9.17, 15) is 4.79 Å². The predicted molar refractivity (Wildman–Crippen MR) is 107 cm³/mol. The molecule has 0 saturated heterocycles. The van der Waals surface area contributed by atoms with E-state index in [2.05, 4.69) is 26.1 Å². The maximum atomic E-state index is 12.5. The number of hydrogen-bond acceptors (Lipinski definition) is 7. The average molecular weight is 449 g/mol. The molecule has 3 aromatic rings. The molecule has 1 heterocycles. The van der Waals surface area contributed by atoms with Gasteiger partial charge in [-0.1, -0.05) is 39.8 Å². The van der Waals surface area contributed by atoms with Crippen LogP contribution in [0.5, 0.6) is 11.5 Å². The van der Waals surface area contributed by atoms with Gasteiger partial charge in [0, 0.05) is 16.1 Å². The lowest BCUT2D eigenvalue weighted by molar-refractivity contribution is 0.0993. The lowest BCUT2D eigenvalue weighted by Gasteiger charge is -2.08. The molecule has 0 aliphatic rings. The van der Waals surface area contributed by atoms with Gasteiger partial charge in [0.15, 0.2) is 5.78 Å². The van der Waals surface area contributed by atoms with Gasteiger partial charge >= 0.3 is 0 Å². The molecule has 0 aliphatic heterocycles. The van der Waals surface area contributed by atoms with Crippen LogP contribution in [-0.2, 0) is 0 Å². The van der Waals surface area contributed by atoms with Gasteiger partial charge in [-0.25, -0.2) is 0 Å². The zero-order chi connectivity index (χ0) is 19.4. The van der Waals surface area contributed by atoms with Crippen LogP contribution >= 0.6 is 27.7 Å². The number of methoxy groups -OCH3 is 2. The SMILES string of the molecule is COc1ccc(-c2nnc(S[C@@H](C)C(=O)c3ccc(Br)cc3)o2)c(OC)c1. The maximum absolute atomic E-state index is 12.5. The summed E-state index contributed by atoms with van der Waals surface area (Å²) in [5, 5.41) is 8.07. The first kappa shape index (κ1) is 19.4. The molecule has 3 rings (SSSR count). The Hall–Kier alpha value is -2.32. The maximum Gasteiger partial charge on any atom is 0.277 e. The van der Waals surface area contributed by atoms with Gasteiger partial charge in [-0.3, -0.25) is 4.79 Å². The molecule has 1 aromatic heterocycles. The number of rotatable bonds is 7. The Morgan fingerprint density at radius 2 is 1.85 bits per heavy atom. The number of halogens is 1. The van der Waals surface area contributed by atoms with Gasteiger partial charge in [-0.05, 0) is 31.2 Å². The molecule has 8 heteroatoms. The molecule has 0 radical (unpaired) electrons. The van der Waals surface area contributed by atoms with Crippen LogP contribution in [-0.4, -0.2) is 35.5 Å². The Morgan fingerprint density at radius 1 is 1.11 bits per heavy atom. The third-order valence-electron chi connectivity index (χ3n) is 3.82. The summed E-state index contributed by atoms with van der Waals surface area (Å²) < 4.78 is 17.2. The molecule has 6 nitrogen and oxygen atoms in total. The van der Waals surface area contributed by atoms with Gasteiger partial charge in [0.05, 0.1) is 25.0 Å². The Morgan fingerprint density at radius 3 is 2.52 bits per heavy atom. The van der Waals surface area contributed by atoms with Crippen molar-refractivity contribution in [1.29, 1.82) is 0 Å². The fourth-order valence-corrected chi connectivity index (χ4v) is 3.42. The molecule has 0 aliphatic carbocycles. The minimum Gasteiger partial charge on any atom is -0.497 e. The van der Waals surface area contributed by atoms with Crippen LogP contribution in [0.15, 0.2) is 56.6 Å². The molecule has 0 fully saturated rings. The van der Waals surface area contributed by atoms with Crippen LogP contribution in [0, 0.1) is 0 Å². The monoisotopic (exact) mass is 448 g/mol. The van der Waals surface area contributed by atoms with Gasteiger partial charge in [0.1, 0.15) is 11.5 Å². The Kier molecular flexibility index (Phi) is 6.18. The lowest BCUT2D eigenvalue weighted by atomic mass is 10.1. The number of hydrogen-bond donors (Lipinski definition) is 0. The van der Waals surface area contributed by atoms with Crippen LogP contribution in [0.3, 0.4) is 0 Å². The zero-order valence-corrected chi connectivity index (χ0v) is 17.3. The Labute approximate surface area is 169 Å². The molecule has 2 aromatic carbocycles. The third-order valence-corrected chi connectivity index (χ3v) is 5.28. The van der Waals surface area contributed by atoms with Gasteiger partial charge in [-0.15, -0.1) is 10.2 Å². The highest BCUT2D eigenvalue weighted by atomic mass is 79.9. The highest BCUT2D eigenvalue weighted by Gasteiger charge is 2.21. The first-order valence-corrected chi connectivity index (χ1v) is 9.71. The van der Waals surface area contributed by atoms with Gasteiger partial charge < -0.3 is 13.9 Å². The summed E-state index contributed by atoms with van der Waals surface area (Å²) in [5.74, 6) is 1.54. The second-order valence-electron chi connectivity index (χ2n) is 5.57. The minimum absolute atomic E-state index is 0.00530. The Balaban J connectivity index is 1.76. The van der Waals surface area contributed by atoms with E-state index in [0.29, 0.717) is 33.7 Å². The molecule has 0 N–H and O–H groups in total. The van der Waals surface area contributed by atoms with Crippen molar-refractivity contribution in [3.8, 4) is 23.0 Å². The molecule has 27 heavy (non-hydrogen) atoms. The van der Waals surface area contributed by atoms with Crippen molar-refractivity contribution >= 4 is 33.5 Å². The number of ether oxygens (including phenoxy) is 2. The number of aromatic nitrogens is 2. The van der Waals surface area contributed by atoms with Crippen molar-refractivity contribution in [2.75, 3.05) is 14.2 Å². The van der Waals surface area contributed by atoms with Crippen LogP contribution in [0.25, 0.3) is 11.5 Å². The quantitative estimate of drug-likeness (QED) is 0.376. The summed E-state index contributed by atoms with van der Waals surface area (Å²) in [7, 11) is 3.14. The van der Waals surface area contributed by atoms with E-state index >= 15 is 0 Å². The van der Waals surface area contributed by atoms with Crippen molar-refractivity contribution in [1.82, 2.24) is 10.2 Å². The third kappa shape index (κ3) is 4.51. The number of thioether (sulfide) groups is 1. The highest BCUT2D eigenvalue weighted by molar-refractivity contribution is 9.10.